The van der Waals surface area contributed by atoms with Crippen molar-refractivity contribution in [1.29, 1.82) is 0 Å². The first kappa shape index (κ1) is 20.9. The van der Waals surface area contributed by atoms with E-state index in [-0.39, 0.29) is 17.1 Å². The van der Waals surface area contributed by atoms with Gasteiger partial charge in [-0.15, -0.1) is 0 Å². The van der Waals surface area contributed by atoms with Crippen LogP contribution < -0.4 is 10.4 Å². The zero-order valence-electron chi connectivity index (χ0n) is 18.3. The molecule has 1 aromatic heterocycles. The Balaban J connectivity index is 1.68. The monoisotopic (exact) mass is 410 g/mol. The molecule has 0 spiro atoms. The molecule has 1 fully saturated rings. The van der Waals surface area contributed by atoms with E-state index in [0.29, 0.717) is 24.4 Å². The molecular formula is C25H30O5. The third-order valence-corrected chi connectivity index (χ3v) is 8.38. The lowest BCUT2D eigenvalue weighted by molar-refractivity contribution is -0.187. The Morgan fingerprint density at radius 1 is 1.13 bits per heavy atom. The molecule has 2 aliphatic carbocycles. The van der Waals surface area contributed by atoms with Crippen molar-refractivity contribution < 1.29 is 19.1 Å². The molecule has 1 saturated carbocycles. The molecule has 1 N–H and O–H groups in total. The number of hydrogen-bond donors (Lipinski definition) is 1. The Morgan fingerprint density at radius 3 is 2.57 bits per heavy atom. The van der Waals surface area contributed by atoms with Crippen LogP contribution in [-0.2, 0) is 4.79 Å². The number of allylic oxidation sites excluding steroid dienone is 1. The molecule has 160 valence electrons. The van der Waals surface area contributed by atoms with Gasteiger partial charge in [0.2, 0.25) is 0 Å². The number of rotatable bonds is 3. The molecule has 1 aromatic carbocycles. The lowest BCUT2D eigenvalue weighted by Crippen LogP contribution is -2.65. The molecule has 0 unspecified atom stereocenters. The summed E-state index contributed by atoms with van der Waals surface area (Å²) in [5.41, 5.74) is -0.464. The van der Waals surface area contributed by atoms with E-state index in [9.17, 15) is 14.7 Å². The van der Waals surface area contributed by atoms with Crippen molar-refractivity contribution in [1.82, 2.24) is 0 Å². The van der Waals surface area contributed by atoms with Crippen molar-refractivity contribution in [3.05, 3.63) is 52.4 Å². The normalized spacial score (nSPS) is 33.1. The van der Waals surface area contributed by atoms with E-state index >= 15 is 0 Å². The maximum atomic E-state index is 13.3. The number of ketones is 1. The summed E-state index contributed by atoms with van der Waals surface area (Å²) in [5, 5.41) is 11.6. The minimum absolute atomic E-state index is 0.0328. The maximum Gasteiger partial charge on any atom is 0.336 e. The summed E-state index contributed by atoms with van der Waals surface area (Å²) in [6, 6.07) is 8.60. The van der Waals surface area contributed by atoms with Gasteiger partial charge in [0.15, 0.2) is 5.78 Å². The molecule has 5 heteroatoms. The van der Waals surface area contributed by atoms with Crippen molar-refractivity contribution in [2.75, 3.05) is 6.61 Å². The van der Waals surface area contributed by atoms with Gasteiger partial charge >= 0.3 is 5.63 Å². The second-order valence-corrected chi connectivity index (χ2v) is 9.89. The number of ether oxygens (including phenoxy) is 1. The molecule has 1 heterocycles. The summed E-state index contributed by atoms with van der Waals surface area (Å²) in [4.78, 5) is 24.8. The topological polar surface area (TPSA) is 76.7 Å². The average molecular weight is 411 g/mol. The molecule has 2 aliphatic rings. The fourth-order valence-corrected chi connectivity index (χ4v) is 5.82. The Labute approximate surface area is 176 Å². The Morgan fingerprint density at radius 2 is 1.83 bits per heavy atom. The van der Waals surface area contributed by atoms with Crippen LogP contribution in [0.3, 0.4) is 0 Å². The van der Waals surface area contributed by atoms with Crippen LogP contribution in [0.25, 0.3) is 11.0 Å². The van der Waals surface area contributed by atoms with Gasteiger partial charge in [0.05, 0.1) is 12.7 Å². The minimum atomic E-state index is -0.693. The van der Waals surface area contributed by atoms with Crippen LogP contribution in [0, 0.1) is 22.2 Å². The van der Waals surface area contributed by atoms with Gasteiger partial charge in [-0.25, -0.2) is 4.79 Å². The maximum absolute atomic E-state index is 13.3. The minimum Gasteiger partial charge on any atom is -0.493 e. The van der Waals surface area contributed by atoms with Gasteiger partial charge in [-0.1, -0.05) is 33.3 Å². The molecule has 0 amide bonds. The molecule has 0 bridgehead atoms. The first-order valence-corrected chi connectivity index (χ1v) is 10.6. The van der Waals surface area contributed by atoms with E-state index in [1.165, 1.54) is 6.07 Å². The van der Waals surface area contributed by atoms with Gasteiger partial charge in [-0.2, -0.15) is 0 Å². The van der Waals surface area contributed by atoms with E-state index in [4.69, 9.17) is 9.15 Å². The van der Waals surface area contributed by atoms with Gasteiger partial charge in [0.25, 0.3) is 0 Å². The quantitative estimate of drug-likeness (QED) is 0.754. The Kier molecular flexibility index (Phi) is 4.73. The second kappa shape index (κ2) is 6.81. The van der Waals surface area contributed by atoms with E-state index in [0.717, 1.165) is 17.4 Å². The molecular weight excluding hydrogens is 380 g/mol. The highest BCUT2D eigenvalue weighted by molar-refractivity contribution is 5.98. The zero-order valence-corrected chi connectivity index (χ0v) is 18.3. The van der Waals surface area contributed by atoms with E-state index in [2.05, 4.69) is 6.92 Å². The molecule has 2 aromatic rings. The highest BCUT2D eigenvalue weighted by atomic mass is 16.5. The average Bonchev–Trinajstić information content (AvgIpc) is 2.68. The number of benzene rings is 1. The lowest BCUT2D eigenvalue weighted by Gasteiger charge is -2.63. The van der Waals surface area contributed by atoms with Crippen LogP contribution in [-0.4, -0.2) is 23.6 Å². The molecule has 30 heavy (non-hydrogen) atoms. The third-order valence-electron chi connectivity index (χ3n) is 8.38. The fourth-order valence-electron chi connectivity index (χ4n) is 5.82. The second-order valence-electron chi connectivity index (χ2n) is 9.89. The SMILES string of the molecule is CC1=CC(=O)[C@]2(C)C(C)(C)[C@H](O)CC[C@@]2(C)[C@@H]1COc1ccc2ccc(=O)oc2c1. The largest absolute Gasteiger partial charge is 0.493 e. The Hall–Kier alpha value is -2.40. The van der Waals surface area contributed by atoms with Crippen molar-refractivity contribution in [3.8, 4) is 5.75 Å². The molecule has 4 rings (SSSR count). The summed E-state index contributed by atoms with van der Waals surface area (Å²) in [6.07, 6.45) is 2.65. The van der Waals surface area contributed by atoms with Gasteiger partial charge in [0.1, 0.15) is 11.3 Å². The van der Waals surface area contributed by atoms with E-state index in [1.807, 2.05) is 39.8 Å². The Bertz CT molecular complexity index is 1090. The lowest BCUT2D eigenvalue weighted by atomic mass is 9.40. The van der Waals surface area contributed by atoms with Gasteiger partial charge < -0.3 is 14.3 Å². The molecule has 0 saturated heterocycles. The zero-order chi connectivity index (χ0) is 21.9. The van der Waals surface area contributed by atoms with Gasteiger partial charge in [0, 0.05) is 34.3 Å². The van der Waals surface area contributed by atoms with Crippen LogP contribution in [0.2, 0.25) is 0 Å². The predicted molar refractivity (Wildman–Crippen MR) is 115 cm³/mol. The van der Waals surface area contributed by atoms with Crippen LogP contribution in [0.4, 0.5) is 0 Å². The molecule has 0 aliphatic heterocycles. The van der Waals surface area contributed by atoms with Crippen molar-refractivity contribution in [2.24, 2.45) is 22.2 Å². The molecule has 4 atom stereocenters. The van der Waals surface area contributed by atoms with Crippen molar-refractivity contribution in [2.45, 2.75) is 53.6 Å². The van der Waals surface area contributed by atoms with E-state index in [1.54, 1.807) is 18.2 Å². The van der Waals surface area contributed by atoms with Crippen LogP contribution in [0.15, 0.2) is 51.2 Å². The first-order valence-electron chi connectivity index (χ1n) is 10.6. The van der Waals surface area contributed by atoms with E-state index < -0.39 is 22.6 Å². The van der Waals surface area contributed by atoms with Crippen molar-refractivity contribution >= 4 is 16.8 Å². The first-order chi connectivity index (χ1) is 14.0. The number of aliphatic hydroxyl groups is 1. The number of fused-ring (bicyclic) bond motifs is 2. The smallest absolute Gasteiger partial charge is 0.336 e. The summed E-state index contributed by atoms with van der Waals surface area (Å²) in [7, 11) is 0. The molecule has 5 nitrogen and oxygen atoms in total. The summed E-state index contributed by atoms with van der Waals surface area (Å²) in [6.45, 7) is 10.6. The third kappa shape index (κ3) is 2.78. The van der Waals surface area contributed by atoms with Gasteiger partial charge in [-0.3, -0.25) is 4.79 Å². The number of carbonyl (C=O) groups is 1. The van der Waals surface area contributed by atoms with Crippen LogP contribution in [0.1, 0.15) is 47.5 Å². The van der Waals surface area contributed by atoms with Crippen LogP contribution >= 0.6 is 0 Å². The summed E-state index contributed by atoms with van der Waals surface area (Å²) < 4.78 is 11.4. The molecule has 0 radical (unpaired) electrons. The summed E-state index contributed by atoms with van der Waals surface area (Å²) in [5.74, 6) is 0.752. The number of aliphatic hydroxyl groups excluding tert-OH is 1. The number of carbonyl (C=O) groups excluding carboxylic acids is 1. The highest BCUT2D eigenvalue weighted by Gasteiger charge is 2.66. The number of hydrogen-bond acceptors (Lipinski definition) is 5. The van der Waals surface area contributed by atoms with Crippen LogP contribution in [0.5, 0.6) is 5.75 Å². The standard InChI is InChI=1S/C25H30O5/c1-15-12-21(27)25(5)23(2,3)20(26)10-11-24(25,4)18(15)14-29-17-8-6-16-7-9-22(28)30-19(16)13-17/h6-9,12-13,18,20,26H,10-11,14H2,1-5H3/t18-,20-,24+,25-/m1/s1. The van der Waals surface area contributed by atoms with Crippen molar-refractivity contribution in [3.63, 3.8) is 0 Å². The fraction of sp³-hybridized carbons (Fsp3) is 0.520. The van der Waals surface area contributed by atoms with Gasteiger partial charge in [-0.05, 0) is 49.5 Å². The predicted octanol–water partition coefficient (Wildman–Crippen LogP) is 4.51. The summed E-state index contributed by atoms with van der Waals surface area (Å²) >= 11 is 0. The highest BCUT2D eigenvalue weighted by Crippen LogP contribution is 2.66.